The molecule has 0 spiro atoms. The highest BCUT2D eigenvalue weighted by atomic mass is 32.2. The number of hydrazine groups is 1. The molecule has 0 aliphatic heterocycles. The number of nitrogens with zero attached hydrogens (tertiary/aromatic N) is 3. The maximum atomic E-state index is 12.6. The molecule has 0 saturated carbocycles. The molecule has 0 radical (unpaired) electrons. The molecule has 0 unspecified atom stereocenters. The van der Waals surface area contributed by atoms with Crippen LogP contribution < -0.4 is 4.83 Å². The standard InChI is InChI=1S/C21H24N4O5S3/c1-15-12-16(23-30-15)14-31-21(2,3)13-20(26)25(27)24-33(28,29)19-6-4-17(5-7-19)32-18-8-10-22-11-9-18/h4-12,24,27H,13-14H2,1-3H3. The molecular weight excluding hydrogens is 484 g/mol. The molecule has 0 aliphatic carbocycles. The van der Waals surface area contributed by atoms with Gasteiger partial charge in [-0.1, -0.05) is 35.6 Å². The molecule has 176 valence electrons. The first-order valence-electron chi connectivity index (χ1n) is 9.82. The number of hydrogen-bond donors (Lipinski definition) is 2. The number of aromatic nitrogens is 2. The lowest BCUT2D eigenvalue weighted by Crippen LogP contribution is -2.45. The SMILES string of the molecule is Cc1cc(CSC(C)(C)CC(=O)N(O)NS(=O)(=O)c2ccc(Sc3ccncc3)cc2)no1. The average molecular weight is 509 g/mol. The fraction of sp³-hybridized carbons (Fsp3) is 0.286. The van der Waals surface area contributed by atoms with Crippen molar-refractivity contribution >= 4 is 39.5 Å². The van der Waals surface area contributed by atoms with Crippen LogP contribution in [0.3, 0.4) is 0 Å². The number of hydroxylamine groups is 1. The van der Waals surface area contributed by atoms with Gasteiger partial charge in [-0.15, -0.1) is 16.9 Å². The maximum absolute atomic E-state index is 12.6. The second kappa shape index (κ2) is 10.7. The first-order valence-corrected chi connectivity index (χ1v) is 13.1. The summed E-state index contributed by atoms with van der Waals surface area (Å²) in [6.07, 6.45) is 3.25. The number of aryl methyl sites for hydroxylation is 1. The van der Waals surface area contributed by atoms with Crippen molar-refractivity contribution in [2.24, 2.45) is 0 Å². The molecule has 2 N–H and O–H groups in total. The van der Waals surface area contributed by atoms with Gasteiger partial charge in [0.05, 0.1) is 10.6 Å². The third-order valence-electron chi connectivity index (χ3n) is 4.33. The van der Waals surface area contributed by atoms with Crippen molar-refractivity contribution < 1.29 is 22.9 Å². The molecule has 3 rings (SSSR count). The second-order valence-corrected chi connectivity index (χ2v) is 12.2. The summed E-state index contributed by atoms with van der Waals surface area (Å²) in [7, 11) is -4.15. The Morgan fingerprint density at radius 1 is 1.15 bits per heavy atom. The molecule has 2 aromatic heterocycles. The predicted octanol–water partition coefficient (Wildman–Crippen LogP) is 4.04. The Morgan fingerprint density at radius 2 is 1.79 bits per heavy atom. The predicted molar refractivity (Wildman–Crippen MR) is 125 cm³/mol. The van der Waals surface area contributed by atoms with Crippen LogP contribution in [0.15, 0.2) is 74.1 Å². The van der Waals surface area contributed by atoms with Crippen molar-refractivity contribution in [2.75, 3.05) is 0 Å². The van der Waals surface area contributed by atoms with E-state index in [1.165, 1.54) is 35.7 Å². The number of thioether (sulfide) groups is 1. The van der Waals surface area contributed by atoms with Crippen LogP contribution in [0.2, 0.25) is 0 Å². The van der Waals surface area contributed by atoms with Crippen LogP contribution in [0.25, 0.3) is 0 Å². The van der Waals surface area contributed by atoms with Gasteiger partial charge in [0.2, 0.25) is 0 Å². The van der Waals surface area contributed by atoms with Crippen molar-refractivity contribution in [3.05, 3.63) is 66.3 Å². The third-order valence-corrected chi connectivity index (χ3v) is 8.01. The van der Waals surface area contributed by atoms with Gasteiger partial charge in [-0.25, -0.2) is 8.42 Å². The summed E-state index contributed by atoms with van der Waals surface area (Å²) >= 11 is 2.90. The van der Waals surface area contributed by atoms with Crippen molar-refractivity contribution in [1.29, 1.82) is 0 Å². The smallest absolute Gasteiger partial charge is 0.263 e. The lowest BCUT2D eigenvalue weighted by atomic mass is 10.1. The zero-order valence-corrected chi connectivity index (χ0v) is 20.7. The van der Waals surface area contributed by atoms with Gasteiger partial charge in [0.1, 0.15) is 5.76 Å². The van der Waals surface area contributed by atoms with E-state index in [-0.39, 0.29) is 16.5 Å². The minimum atomic E-state index is -4.15. The molecule has 0 fully saturated rings. The van der Waals surface area contributed by atoms with Crippen LogP contribution in [0, 0.1) is 6.92 Å². The summed E-state index contributed by atoms with van der Waals surface area (Å²) in [5.41, 5.74) is 0.741. The molecule has 3 aromatic rings. The first kappa shape index (κ1) is 25.2. The van der Waals surface area contributed by atoms with Crippen LogP contribution in [-0.2, 0) is 20.6 Å². The van der Waals surface area contributed by atoms with E-state index < -0.39 is 20.7 Å². The number of benzene rings is 1. The van der Waals surface area contributed by atoms with Gasteiger partial charge in [0.25, 0.3) is 15.9 Å². The zero-order valence-electron chi connectivity index (χ0n) is 18.3. The summed E-state index contributed by atoms with van der Waals surface area (Å²) in [6, 6.07) is 11.6. The molecular formula is C21H24N4O5S3. The lowest BCUT2D eigenvalue weighted by Gasteiger charge is -2.25. The summed E-state index contributed by atoms with van der Waals surface area (Å²) in [5, 5.41) is 14.0. The van der Waals surface area contributed by atoms with Gasteiger partial charge >= 0.3 is 0 Å². The van der Waals surface area contributed by atoms with Gasteiger partial charge < -0.3 is 4.52 Å². The van der Waals surface area contributed by atoms with Crippen LogP contribution in [0.4, 0.5) is 0 Å². The van der Waals surface area contributed by atoms with Gasteiger partial charge in [-0.05, 0) is 43.3 Å². The Kier molecular flexibility index (Phi) is 8.19. The molecule has 0 aliphatic rings. The van der Waals surface area contributed by atoms with Crippen LogP contribution >= 0.6 is 23.5 Å². The number of amides is 1. The highest BCUT2D eigenvalue weighted by molar-refractivity contribution is 8.00. The van der Waals surface area contributed by atoms with Gasteiger partial charge in [0, 0.05) is 45.2 Å². The average Bonchev–Trinajstić information content (AvgIpc) is 3.18. The van der Waals surface area contributed by atoms with Crippen molar-refractivity contribution in [2.45, 2.75) is 52.4 Å². The van der Waals surface area contributed by atoms with Crippen LogP contribution in [0.1, 0.15) is 31.7 Å². The Labute approximate surface area is 200 Å². The molecule has 0 atom stereocenters. The van der Waals surface area contributed by atoms with Gasteiger partial charge in [0.15, 0.2) is 0 Å². The maximum Gasteiger partial charge on any atom is 0.263 e. The zero-order chi connectivity index (χ0) is 24.1. The normalized spacial score (nSPS) is 12.0. The summed E-state index contributed by atoms with van der Waals surface area (Å²) in [5.74, 6) is 0.426. The molecule has 0 bridgehead atoms. The fourth-order valence-corrected chi connectivity index (χ4v) is 5.32. The van der Waals surface area contributed by atoms with E-state index in [2.05, 4.69) is 10.1 Å². The van der Waals surface area contributed by atoms with E-state index in [4.69, 9.17) is 4.52 Å². The number of rotatable bonds is 10. The van der Waals surface area contributed by atoms with Crippen molar-refractivity contribution in [1.82, 2.24) is 20.1 Å². The summed E-state index contributed by atoms with van der Waals surface area (Å²) in [6.45, 7) is 5.44. The molecule has 12 heteroatoms. The van der Waals surface area contributed by atoms with Gasteiger partial charge in [-0.3, -0.25) is 15.0 Å². The van der Waals surface area contributed by atoms with E-state index in [9.17, 15) is 18.4 Å². The quantitative estimate of drug-likeness (QED) is 0.308. The largest absolute Gasteiger partial charge is 0.361 e. The molecule has 9 nitrogen and oxygen atoms in total. The number of carbonyl (C=O) groups is 1. The van der Waals surface area contributed by atoms with Gasteiger partial charge in [-0.2, -0.15) is 0 Å². The van der Waals surface area contributed by atoms with E-state index in [0.29, 0.717) is 11.5 Å². The number of sulfonamides is 1. The third kappa shape index (κ3) is 7.57. The number of hydrogen-bond acceptors (Lipinski definition) is 9. The number of pyridine rings is 1. The Balaban J connectivity index is 1.56. The molecule has 1 amide bonds. The minimum absolute atomic E-state index is 0.0253. The Hall–Kier alpha value is -2.38. The fourth-order valence-electron chi connectivity index (χ4n) is 2.69. The molecule has 1 aromatic carbocycles. The second-order valence-electron chi connectivity index (χ2n) is 7.71. The number of nitrogens with one attached hydrogen (secondary N) is 1. The molecule has 0 saturated heterocycles. The lowest BCUT2D eigenvalue weighted by molar-refractivity contribution is -0.172. The summed E-state index contributed by atoms with van der Waals surface area (Å²) < 4.78 is 29.6. The minimum Gasteiger partial charge on any atom is -0.361 e. The van der Waals surface area contributed by atoms with Crippen LogP contribution in [-0.4, -0.2) is 39.6 Å². The number of carbonyl (C=O) groups excluding carboxylic acids is 1. The summed E-state index contributed by atoms with van der Waals surface area (Å²) in [4.78, 5) is 20.0. The highest BCUT2D eigenvalue weighted by Crippen LogP contribution is 2.32. The van der Waals surface area contributed by atoms with Crippen molar-refractivity contribution in [3.8, 4) is 0 Å². The monoisotopic (exact) mass is 508 g/mol. The highest BCUT2D eigenvalue weighted by Gasteiger charge is 2.28. The molecule has 2 heterocycles. The Morgan fingerprint density at radius 3 is 2.39 bits per heavy atom. The first-order chi connectivity index (χ1) is 15.5. The Bertz CT molecular complexity index is 1180. The van der Waals surface area contributed by atoms with E-state index in [1.54, 1.807) is 37.5 Å². The van der Waals surface area contributed by atoms with Crippen molar-refractivity contribution in [3.63, 3.8) is 0 Å². The van der Waals surface area contributed by atoms with E-state index in [0.717, 1.165) is 15.5 Å². The van der Waals surface area contributed by atoms with E-state index >= 15 is 0 Å². The van der Waals surface area contributed by atoms with Crippen LogP contribution in [0.5, 0.6) is 0 Å². The van der Waals surface area contributed by atoms with E-state index in [1.807, 2.05) is 30.8 Å². The topological polar surface area (TPSA) is 126 Å². The molecule has 33 heavy (non-hydrogen) atoms.